The molecule has 0 fully saturated rings. The van der Waals surface area contributed by atoms with Crippen LogP contribution < -0.4 is 11.2 Å². The summed E-state index contributed by atoms with van der Waals surface area (Å²) >= 11 is 4.99. The summed E-state index contributed by atoms with van der Waals surface area (Å²) < 4.78 is 24.7. The smallest absolute Gasteiger partial charge is 0.269 e. The third-order valence-corrected chi connectivity index (χ3v) is 1.75. The van der Waals surface area contributed by atoms with Crippen molar-refractivity contribution in [3.05, 3.63) is 27.7 Å². The lowest BCUT2D eigenvalue weighted by molar-refractivity contribution is 0.106. The highest BCUT2D eigenvalue weighted by Gasteiger charge is 2.22. The minimum absolute atomic E-state index is 0.387. The monoisotopic (exact) mass is 222 g/mol. The summed E-state index contributed by atoms with van der Waals surface area (Å²) in [6, 6.07) is 0. The van der Waals surface area contributed by atoms with Gasteiger partial charge in [-0.05, 0) is 11.6 Å². The van der Waals surface area contributed by atoms with Crippen LogP contribution in [-0.2, 0) is 0 Å². The van der Waals surface area contributed by atoms with Gasteiger partial charge in [-0.3, -0.25) is 9.59 Å². The maximum Gasteiger partial charge on any atom is 0.269 e. The van der Waals surface area contributed by atoms with Crippen molar-refractivity contribution in [1.82, 2.24) is 4.98 Å². The zero-order valence-corrected chi connectivity index (χ0v) is 7.44. The molecule has 14 heavy (non-hydrogen) atoms. The summed E-state index contributed by atoms with van der Waals surface area (Å²) in [5.74, 6) is 0. The molecule has 0 radical (unpaired) electrons. The average molecular weight is 223 g/mol. The minimum atomic E-state index is -3.10. The average Bonchev–Trinajstić information content (AvgIpc) is 2.08. The van der Waals surface area contributed by atoms with E-state index in [9.17, 15) is 18.4 Å². The van der Waals surface area contributed by atoms with Crippen LogP contribution in [0.25, 0.3) is 0 Å². The number of carbonyl (C=O) groups excluding carboxylic acids is 1. The van der Waals surface area contributed by atoms with Gasteiger partial charge in [-0.15, -0.1) is 0 Å². The molecule has 76 valence electrons. The number of H-pyrrole nitrogens is 1. The lowest BCUT2D eigenvalue weighted by atomic mass is 10.2. The molecule has 0 spiro atoms. The second-order valence-corrected chi connectivity index (χ2v) is 2.78. The lowest BCUT2D eigenvalue weighted by Gasteiger charge is -2.04. The summed E-state index contributed by atoms with van der Waals surface area (Å²) in [6.07, 6.45) is -2.15. The number of nitrogens with two attached hydrogens (primary N) is 1. The molecule has 0 aliphatic rings. The number of aromatic amines is 1. The highest BCUT2D eigenvalue weighted by atomic mass is 35.5. The van der Waals surface area contributed by atoms with E-state index < -0.39 is 28.4 Å². The second kappa shape index (κ2) is 3.75. The van der Waals surface area contributed by atoms with Crippen LogP contribution in [0, 0.1) is 0 Å². The first-order valence-electron chi connectivity index (χ1n) is 3.44. The van der Waals surface area contributed by atoms with Gasteiger partial charge in [0.25, 0.3) is 11.7 Å². The Morgan fingerprint density at radius 1 is 1.57 bits per heavy atom. The molecule has 0 amide bonds. The number of alkyl halides is 2. The fourth-order valence-electron chi connectivity index (χ4n) is 0.933. The van der Waals surface area contributed by atoms with E-state index in [1.54, 1.807) is 0 Å². The highest BCUT2D eigenvalue weighted by Crippen LogP contribution is 2.20. The van der Waals surface area contributed by atoms with Gasteiger partial charge in [-0.2, -0.15) is 0 Å². The normalized spacial score (nSPS) is 10.6. The Labute approximate surface area is 81.7 Å². The predicted molar refractivity (Wildman–Crippen MR) is 46.6 cm³/mol. The van der Waals surface area contributed by atoms with E-state index in [-0.39, 0.29) is 5.69 Å². The van der Waals surface area contributed by atoms with Gasteiger partial charge in [0.15, 0.2) is 0 Å². The van der Waals surface area contributed by atoms with Crippen molar-refractivity contribution in [2.45, 2.75) is 6.43 Å². The molecule has 0 bridgehead atoms. The van der Waals surface area contributed by atoms with E-state index in [0.29, 0.717) is 0 Å². The van der Waals surface area contributed by atoms with Crippen LogP contribution in [-0.4, -0.2) is 10.2 Å². The Hall–Kier alpha value is -1.43. The molecule has 0 unspecified atom stereocenters. The molecular weight excluding hydrogens is 218 g/mol. The molecule has 0 saturated carbocycles. The molecule has 0 saturated heterocycles. The zero-order chi connectivity index (χ0) is 10.9. The van der Waals surface area contributed by atoms with Crippen molar-refractivity contribution >= 4 is 22.5 Å². The van der Waals surface area contributed by atoms with E-state index in [1.807, 2.05) is 0 Å². The van der Waals surface area contributed by atoms with Crippen molar-refractivity contribution in [2.75, 3.05) is 5.73 Å². The largest absolute Gasteiger partial charge is 0.394 e. The number of aromatic nitrogens is 1. The quantitative estimate of drug-likeness (QED) is 0.740. The van der Waals surface area contributed by atoms with Gasteiger partial charge in [0.2, 0.25) is 5.43 Å². The molecule has 0 aromatic carbocycles. The first-order valence-corrected chi connectivity index (χ1v) is 3.82. The molecule has 7 heteroatoms. The molecule has 1 aromatic rings. The van der Waals surface area contributed by atoms with Crippen LogP contribution in [0.3, 0.4) is 0 Å². The predicted octanol–water partition coefficient (Wildman–Crippen LogP) is 1.27. The van der Waals surface area contributed by atoms with Crippen LogP contribution in [0.5, 0.6) is 0 Å². The number of pyridine rings is 1. The summed E-state index contributed by atoms with van der Waals surface area (Å²) in [7, 11) is 0. The van der Waals surface area contributed by atoms with E-state index >= 15 is 0 Å². The minimum Gasteiger partial charge on any atom is -0.394 e. The third kappa shape index (κ3) is 1.74. The fraction of sp³-hybridized carbons (Fsp3) is 0.143. The van der Waals surface area contributed by atoms with Gasteiger partial charge in [-0.25, -0.2) is 8.78 Å². The van der Waals surface area contributed by atoms with Gasteiger partial charge in [0, 0.05) is 6.20 Å². The van der Waals surface area contributed by atoms with Crippen LogP contribution in [0.4, 0.5) is 14.5 Å². The number of anilines is 1. The molecule has 1 aromatic heterocycles. The lowest BCUT2D eigenvalue weighted by Crippen LogP contribution is -2.19. The first-order chi connectivity index (χ1) is 6.45. The molecule has 4 nitrogen and oxygen atoms in total. The van der Waals surface area contributed by atoms with Gasteiger partial charge in [0.1, 0.15) is 5.69 Å². The molecular formula is C7H5ClF2N2O2. The first kappa shape index (κ1) is 10.6. The Bertz CT molecular complexity index is 430. The fourth-order valence-corrected chi connectivity index (χ4v) is 1.09. The Morgan fingerprint density at radius 2 is 2.14 bits per heavy atom. The molecule has 3 N–H and O–H groups in total. The topological polar surface area (TPSA) is 76.0 Å². The van der Waals surface area contributed by atoms with Gasteiger partial charge in [-0.1, -0.05) is 0 Å². The number of rotatable bonds is 2. The van der Waals surface area contributed by atoms with E-state index in [4.69, 9.17) is 17.3 Å². The summed E-state index contributed by atoms with van der Waals surface area (Å²) in [6.45, 7) is 0. The molecule has 0 atom stereocenters. The number of hydrogen-bond acceptors (Lipinski definition) is 3. The summed E-state index contributed by atoms with van der Waals surface area (Å²) in [5.41, 5.74) is 2.01. The van der Waals surface area contributed by atoms with Crippen LogP contribution in [0.1, 0.15) is 22.5 Å². The SMILES string of the molecule is Nc1c[nH]c(C(=O)Cl)c(C(F)F)c1=O. The Morgan fingerprint density at radius 3 is 2.57 bits per heavy atom. The van der Waals surface area contributed by atoms with Gasteiger partial charge >= 0.3 is 0 Å². The number of nitrogens with one attached hydrogen (secondary N) is 1. The van der Waals surface area contributed by atoms with E-state index in [0.717, 1.165) is 6.20 Å². The summed E-state index contributed by atoms with van der Waals surface area (Å²) in [5, 5.41) is -1.16. The van der Waals surface area contributed by atoms with Gasteiger partial charge < -0.3 is 10.7 Å². The Balaban J connectivity index is 3.54. The highest BCUT2D eigenvalue weighted by molar-refractivity contribution is 6.67. The van der Waals surface area contributed by atoms with Gasteiger partial charge in [0.05, 0.1) is 11.3 Å². The van der Waals surface area contributed by atoms with E-state index in [1.165, 1.54) is 0 Å². The van der Waals surface area contributed by atoms with Crippen molar-refractivity contribution in [1.29, 1.82) is 0 Å². The van der Waals surface area contributed by atoms with Crippen molar-refractivity contribution in [3.8, 4) is 0 Å². The van der Waals surface area contributed by atoms with Crippen molar-refractivity contribution in [2.24, 2.45) is 0 Å². The standard InChI is InChI=1S/C7H5ClF2N2O2/c8-6(14)4-3(7(9)10)5(13)2(11)1-12-4/h1,7H,11H2,(H,12,13). The molecule has 1 rings (SSSR count). The number of hydrogen-bond donors (Lipinski definition) is 2. The number of carbonyl (C=O) groups is 1. The Kier molecular flexibility index (Phi) is 2.85. The zero-order valence-electron chi connectivity index (χ0n) is 6.68. The number of halogens is 3. The van der Waals surface area contributed by atoms with Crippen LogP contribution in [0.15, 0.2) is 11.0 Å². The van der Waals surface area contributed by atoms with Crippen molar-refractivity contribution < 1.29 is 13.6 Å². The maximum absolute atomic E-state index is 12.3. The second-order valence-electron chi connectivity index (χ2n) is 2.44. The molecule has 0 aliphatic carbocycles. The third-order valence-electron chi connectivity index (χ3n) is 1.56. The maximum atomic E-state index is 12.3. The van der Waals surface area contributed by atoms with Crippen LogP contribution in [0.2, 0.25) is 0 Å². The van der Waals surface area contributed by atoms with Crippen LogP contribution >= 0.6 is 11.6 Å². The summed E-state index contributed by atoms with van der Waals surface area (Å²) in [4.78, 5) is 23.9. The van der Waals surface area contributed by atoms with E-state index in [2.05, 4.69) is 4.98 Å². The molecule has 1 heterocycles. The number of nitrogen functional groups attached to an aromatic ring is 1. The van der Waals surface area contributed by atoms with Crippen molar-refractivity contribution in [3.63, 3.8) is 0 Å². The molecule has 0 aliphatic heterocycles.